The van der Waals surface area contributed by atoms with Crippen LogP contribution in [0.2, 0.25) is 0 Å². The van der Waals surface area contributed by atoms with E-state index in [0.717, 1.165) is 40.2 Å². The lowest BCUT2D eigenvalue weighted by atomic mass is 9.87. The number of thioether (sulfide) groups is 1. The second-order valence-corrected chi connectivity index (χ2v) is 9.69. The summed E-state index contributed by atoms with van der Waals surface area (Å²) < 4.78 is 13.0. The molecule has 1 aliphatic rings. The van der Waals surface area contributed by atoms with Crippen LogP contribution < -0.4 is 15.4 Å². The Morgan fingerprint density at radius 2 is 1.81 bits per heavy atom. The molecule has 0 radical (unpaired) electrons. The Morgan fingerprint density at radius 1 is 1.08 bits per heavy atom. The average molecular weight is 519 g/mol. The lowest BCUT2D eigenvalue weighted by Gasteiger charge is -2.27. The number of aromatic nitrogens is 4. The fourth-order valence-electron chi connectivity index (χ4n) is 4.34. The van der Waals surface area contributed by atoms with Crippen molar-refractivity contribution < 1.29 is 14.3 Å². The molecule has 10 heteroatoms. The predicted octanol–water partition coefficient (Wildman–Crippen LogP) is 4.44. The first-order chi connectivity index (χ1) is 18.2. The molecule has 2 aromatic carbocycles. The van der Waals surface area contributed by atoms with Gasteiger partial charge in [-0.25, -0.2) is 14.6 Å². The summed E-state index contributed by atoms with van der Waals surface area (Å²) in [6.07, 6.45) is 2.80. The highest BCUT2D eigenvalue weighted by molar-refractivity contribution is 7.99. The number of carbonyl (C=O) groups is 1. The molecule has 3 heterocycles. The highest BCUT2D eigenvalue weighted by Crippen LogP contribution is 2.43. The van der Waals surface area contributed by atoms with Gasteiger partial charge in [0, 0.05) is 37.1 Å². The van der Waals surface area contributed by atoms with Crippen molar-refractivity contribution in [3.63, 3.8) is 0 Å². The predicted molar refractivity (Wildman–Crippen MR) is 145 cm³/mol. The largest absolute Gasteiger partial charge is 0.457 e. The Bertz CT molecular complexity index is 1350. The first-order valence-electron chi connectivity index (χ1n) is 12.4. The van der Waals surface area contributed by atoms with Crippen molar-refractivity contribution in [2.75, 3.05) is 37.9 Å². The molecule has 0 saturated heterocycles. The van der Waals surface area contributed by atoms with Crippen LogP contribution in [-0.2, 0) is 16.1 Å². The van der Waals surface area contributed by atoms with Crippen molar-refractivity contribution in [1.82, 2.24) is 25.1 Å². The number of benzene rings is 2. The zero-order chi connectivity index (χ0) is 25.6. The summed E-state index contributed by atoms with van der Waals surface area (Å²) in [5.74, 6) is 2.58. The van der Waals surface area contributed by atoms with Crippen molar-refractivity contribution in [2.24, 2.45) is 0 Å². The van der Waals surface area contributed by atoms with Crippen molar-refractivity contribution in [2.45, 2.75) is 31.0 Å². The minimum atomic E-state index is -0.438. The molecule has 0 atom stereocenters. The van der Waals surface area contributed by atoms with Gasteiger partial charge in [0.25, 0.3) is 0 Å². The number of carbonyl (C=O) groups excluding carboxylic acids is 1. The third-order valence-electron chi connectivity index (χ3n) is 6.07. The summed E-state index contributed by atoms with van der Waals surface area (Å²) >= 11 is 1.62. The summed E-state index contributed by atoms with van der Waals surface area (Å²) in [6.45, 7) is 4.22. The van der Waals surface area contributed by atoms with E-state index in [1.54, 1.807) is 25.1 Å². The number of nitrogens with one attached hydrogen (secondary N) is 2. The molecule has 5 rings (SSSR count). The Morgan fingerprint density at radius 3 is 2.51 bits per heavy atom. The normalized spacial score (nSPS) is 12.6. The molecule has 0 unspecified atom stereocenters. The van der Waals surface area contributed by atoms with Crippen LogP contribution in [0.15, 0.2) is 59.9 Å². The van der Waals surface area contributed by atoms with E-state index >= 15 is 0 Å². The van der Waals surface area contributed by atoms with E-state index in [2.05, 4.69) is 27.6 Å². The molecule has 0 aliphatic carbocycles. The molecule has 192 valence electrons. The number of methoxy groups -OCH3 is 1. The Kier molecular flexibility index (Phi) is 7.86. The summed E-state index contributed by atoms with van der Waals surface area (Å²) in [6, 6.07) is 15.4. The molecular formula is C27H30N6O3S. The van der Waals surface area contributed by atoms with Crippen molar-refractivity contribution in [3.05, 3.63) is 65.9 Å². The number of anilines is 1. The Labute approximate surface area is 220 Å². The lowest BCUT2D eigenvalue weighted by Crippen LogP contribution is -2.33. The molecule has 1 aliphatic heterocycles. The quantitative estimate of drug-likeness (QED) is 0.171. The van der Waals surface area contributed by atoms with Crippen molar-refractivity contribution in [1.29, 1.82) is 0 Å². The van der Waals surface area contributed by atoms with E-state index in [0.29, 0.717) is 42.9 Å². The number of ether oxygens (including phenoxy) is 2. The fraction of sp³-hybridized carbons (Fsp3) is 0.333. The van der Waals surface area contributed by atoms with E-state index < -0.39 is 5.92 Å². The minimum Gasteiger partial charge on any atom is -0.457 e. The third kappa shape index (κ3) is 5.40. The van der Waals surface area contributed by atoms with Crippen LogP contribution in [0.3, 0.4) is 0 Å². The number of hydrogen-bond acceptors (Lipinski definition) is 8. The zero-order valence-corrected chi connectivity index (χ0v) is 21.8. The highest BCUT2D eigenvalue weighted by atomic mass is 32.2. The molecule has 0 spiro atoms. The van der Waals surface area contributed by atoms with Crippen molar-refractivity contribution in [3.8, 4) is 11.5 Å². The number of rotatable bonds is 11. The summed E-state index contributed by atoms with van der Waals surface area (Å²) in [5.41, 5.74) is 2.46. The van der Waals surface area contributed by atoms with Crippen LogP contribution in [-0.4, -0.2) is 58.2 Å². The first-order valence-corrected chi connectivity index (χ1v) is 13.4. The SMILES string of the molecule is CCCSc1nc(NCCOC)c2cnn(CCNC(=O)C3c4ccccc4Oc4ccccc43)c2n1. The van der Waals surface area contributed by atoms with Gasteiger partial charge in [0.1, 0.15) is 17.3 Å². The monoisotopic (exact) mass is 518 g/mol. The smallest absolute Gasteiger partial charge is 0.232 e. The van der Waals surface area contributed by atoms with E-state index in [1.165, 1.54) is 0 Å². The van der Waals surface area contributed by atoms with Crippen LogP contribution in [0.25, 0.3) is 11.0 Å². The van der Waals surface area contributed by atoms with E-state index in [1.807, 2.05) is 53.2 Å². The van der Waals surface area contributed by atoms with Gasteiger partial charge in [-0.1, -0.05) is 55.1 Å². The number of fused-ring (bicyclic) bond motifs is 3. The zero-order valence-electron chi connectivity index (χ0n) is 20.9. The standard InChI is InChI=1S/C27H30N6O3S/c1-3-16-37-27-31-24(28-13-15-35-2)20-17-30-33(25(20)32-27)14-12-29-26(34)23-18-8-4-6-10-21(18)36-22-11-7-5-9-19(22)23/h4-11,17,23H,3,12-16H2,1-2H3,(H,29,34)(H,28,31,32). The summed E-state index contributed by atoms with van der Waals surface area (Å²) in [7, 11) is 1.67. The maximum atomic E-state index is 13.4. The van der Waals surface area contributed by atoms with Crippen LogP contribution >= 0.6 is 11.8 Å². The van der Waals surface area contributed by atoms with Gasteiger partial charge in [0.2, 0.25) is 5.91 Å². The molecule has 9 nitrogen and oxygen atoms in total. The topological polar surface area (TPSA) is 103 Å². The van der Waals surface area contributed by atoms with Gasteiger partial charge >= 0.3 is 0 Å². The van der Waals surface area contributed by atoms with Crippen LogP contribution in [0.5, 0.6) is 11.5 Å². The molecule has 4 aromatic rings. The number of hydrogen-bond donors (Lipinski definition) is 2. The van der Waals surface area contributed by atoms with E-state index in [-0.39, 0.29) is 5.91 Å². The maximum Gasteiger partial charge on any atom is 0.232 e. The first kappa shape index (κ1) is 25.0. The van der Waals surface area contributed by atoms with Gasteiger partial charge in [0.15, 0.2) is 10.8 Å². The summed E-state index contributed by atoms with van der Waals surface area (Å²) in [4.78, 5) is 22.9. The second kappa shape index (κ2) is 11.6. The van der Waals surface area contributed by atoms with Crippen LogP contribution in [0.4, 0.5) is 5.82 Å². The minimum absolute atomic E-state index is 0.0737. The second-order valence-electron chi connectivity index (χ2n) is 8.63. The fourth-order valence-corrected chi connectivity index (χ4v) is 5.04. The maximum absolute atomic E-state index is 13.4. The average Bonchev–Trinajstić information content (AvgIpc) is 3.33. The van der Waals surface area contributed by atoms with E-state index in [9.17, 15) is 4.79 Å². The molecule has 2 N–H and O–H groups in total. The molecular weight excluding hydrogens is 488 g/mol. The Balaban J connectivity index is 1.33. The highest BCUT2D eigenvalue weighted by Gasteiger charge is 2.32. The molecule has 0 fully saturated rings. The van der Waals surface area contributed by atoms with Gasteiger partial charge in [0.05, 0.1) is 30.7 Å². The van der Waals surface area contributed by atoms with Crippen molar-refractivity contribution >= 4 is 34.5 Å². The molecule has 2 aromatic heterocycles. The number of para-hydroxylation sites is 2. The molecule has 0 saturated carbocycles. The summed E-state index contributed by atoms with van der Waals surface area (Å²) in [5, 5.41) is 12.5. The number of amides is 1. The van der Waals surface area contributed by atoms with E-state index in [4.69, 9.17) is 14.5 Å². The number of nitrogens with zero attached hydrogens (tertiary/aromatic N) is 4. The van der Waals surface area contributed by atoms with Gasteiger partial charge < -0.3 is 20.1 Å². The Hall–Kier alpha value is -3.63. The van der Waals surface area contributed by atoms with Crippen LogP contribution in [0, 0.1) is 0 Å². The molecule has 1 amide bonds. The van der Waals surface area contributed by atoms with Gasteiger partial charge in [-0.05, 0) is 18.6 Å². The van der Waals surface area contributed by atoms with Gasteiger partial charge in [-0.15, -0.1) is 0 Å². The van der Waals surface area contributed by atoms with Gasteiger partial charge in [-0.3, -0.25) is 4.79 Å². The molecule has 0 bridgehead atoms. The lowest BCUT2D eigenvalue weighted by molar-refractivity contribution is -0.121. The molecule has 37 heavy (non-hydrogen) atoms. The van der Waals surface area contributed by atoms with Gasteiger partial charge in [-0.2, -0.15) is 5.10 Å². The third-order valence-corrected chi connectivity index (χ3v) is 7.13. The van der Waals surface area contributed by atoms with Crippen LogP contribution in [0.1, 0.15) is 30.4 Å².